The van der Waals surface area contributed by atoms with E-state index >= 15 is 0 Å². The Morgan fingerprint density at radius 2 is 2.12 bits per heavy atom. The highest BCUT2D eigenvalue weighted by Gasteiger charge is 2.50. The van der Waals surface area contributed by atoms with E-state index in [1.54, 1.807) is 6.07 Å². The van der Waals surface area contributed by atoms with Crippen LogP contribution in [0.2, 0.25) is 0 Å². The van der Waals surface area contributed by atoms with Crippen molar-refractivity contribution in [1.29, 1.82) is 0 Å². The lowest BCUT2D eigenvalue weighted by atomic mass is 9.83. The Hall–Kier alpha value is -2.11. The first-order chi connectivity index (χ1) is 8.12. The molecular weight excluding hydrogens is 225 g/mol. The molecule has 3 rings (SSSR count). The summed E-state index contributed by atoms with van der Waals surface area (Å²) in [5, 5.41) is 7.87. The third kappa shape index (κ3) is 1.30. The zero-order valence-electron chi connectivity index (χ0n) is 8.84. The molecule has 2 aliphatic rings. The van der Waals surface area contributed by atoms with Gasteiger partial charge in [-0.05, 0) is 18.2 Å². The van der Waals surface area contributed by atoms with E-state index in [1.165, 1.54) is 12.1 Å². The minimum Gasteiger partial charge on any atom is -0.385 e. The lowest BCUT2D eigenvalue weighted by Crippen LogP contribution is -2.48. The van der Waals surface area contributed by atoms with Crippen molar-refractivity contribution in [3.63, 3.8) is 0 Å². The topological polar surface area (TPSA) is 70.2 Å². The molecule has 0 radical (unpaired) electrons. The third-order valence-electron chi connectivity index (χ3n) is 3.20. The normalized spacial score (nSPS) is 26.2. The average molecular weight is 235 g/mol. The van der Waals surface area contributed by atoms with Gasteiger partial charge >= 0.3 is 6.03 Å². The second-order valence-corrected chi connectivity index (χ2v) is 4.18. The molecule has 6 heteroatoms. The summed E-state index contributed by atoms with van der Waals surface area (Å²) in [6.07, 6.45) is 0.404. The number of rotatable bonds is 0. The molecule has 2 aliphatic heterocycles. The van der Waals surface area contributed by atoms with Gasteiger partial charge in [-0.2, -0.15) is 0 Å². The summed E-state index contributed by atoms with van der Waals surface area (Å²) < 4.78 is 13.3. The number of nitrogens with one attached hydrogen (secondary N) is 3. The highest BCUT2D eigenvalue weighted by molar-refractivity contribution is 6.08. The van der Waals surface area contributed by atoms with E-state index in [2.05, 4.69) is 16.0 Å². The van der Waals surface area contributed by atoms with Crippen LogP contribution in [0.1, 0.15) is 12.0 Å². The number of carbonyl (C=O) groups excluding carboxylic acids is 2. The number of anilines is 1. The molecule has 0 saturated carbocycles. The Bertz CT molecular complexity index is 531. The quantitative estimate of drug-likeness (QED) is 0.579. The fraction of sp³-hybridized carbons (Fsp3) is 0.273. The minimum atomic E-state index is -1.13. The Labute approximate surface area is 96.4 Å². The van der Waals surface area contributed by atoms with Gasteiger partial charge in [0.25, 0.3) is 5.91 Å². The maximum absolute atomic E-state index is 13.3. The molecular formula is C11H10FN3O2. The maximum Gasteiger partial charge on any atom is 0.322 e. The predicted molar refractivity (Wildman–Crippen MR) is 57.9 cm³/mol. The lowest BCUT2D eigenvalue weighted by Gasteiger charge is -2.33. The lowest BCUT2D eigenvalue weighted by molar-refractivity contribution is -0.124. The fourth-order valence-corrected chi connectivity index (χ4v) is 2.40. The molecule has 0 aromatic heterocycles. The van der Waals surface area contributed by atoms with E-state index in [0.29, 0.717) is 24.2 Å². The first-order valence-corrected chi connectivity index (χ1v) is 5.29. The van der Waals surface area contributed by atoms with Crippen molar-refractivity contribution in [3.8, 4) is 0 Å². The van der Waals surface area contributed by atoms with Gasteiger partial charge in [0.15, 0.2) is 0 Å². The summed E-state index contributed by atoms with van der Waals surface area (Å²) in [7, 11) is 0. The van der Waals surface area contributed by atoms with Crippen LogP contribution in [0.4, 0.5) is 14.9 Å². The van der Waals surface area contributed by atoms with Crippen LogP contribution in [-0.2, 0) is 10.3 Å². The Morgan fingerprint density at radius 3 is 2.82 bits per heavy atom. The number of hydrogen-bond donors (Lipinski definition) is 3. The van der Waals surface area contributed by atoms with Crippen LogP contribution in [0.25, 0.3) is 0 Å². The first kappa shape index (κ1) is 10.1. The van der Waals surface area contributed by atoms with Crippen LogP contribution in [0.15, 0.2) is 18.2 Å². The molecule has 0 bridgehead atoms. The number of halogens is 1. The predicted octanol–water partition coefficient (Wildman–Crippen LogP) is 0.676. The summed E-state index contributed by atoms with van der Waals surface area (Å²) >= 11 is 0. The number of urea groups is 1. The van der Waals surface area contributed by atoms with Gasteiger partial charge in [-0.3, -0.25) is 10.1 Å². The summed E-state index contributed by atoms with van der Waals surface area (Å²) in [6, 6.07) is 3.64. The highest BCUT2D eigenvalue weighted by Crippen LogP contribution is 2.37. The van der Waals surface area contributed by atoms with E-state index in [4.69, 9.17) is 0 Å². The second kappa shape index (κ2) is 3.19. The summed E-state index contributed by atoms with van der Waals surface area (Å²) in [5.74, 6) is -0.850. The van der Waals surface area contributed by atoms with E-state index < -0.39 is 23.3 Å². The van der Waals surface area contributed by atoms with Crippen molar-refractivity contribution in [2.45, 2.75) is 12.0 Å². The van der Waals surface area contributed by atoms with Crippen molar-refractivity contribution < 1.29 is 14.0 Å². The molecule has 88 valence electrons. The molecule has 2 heterocycles. The molecule has 1 spiro atoms. The molecule has 1 atom stereocenters. The van der Waals surface area contributed by atoms with Crippen molar-refractivity contribution in [3.05, 3.63) is 29.6 Å². The highest BCUT2D eigenvalue weighted by atomic mass is 19.1. The number of carbonyl (C=O) groups is 2. The van der Waals surface area contributed by atoms with Gasteiger partial charge in [0, 0.05) is 24.2 Å². The number of hydrogen-bond acceptors (Lipinski definition) is 3. The maximum atomic E-state index is 13.3. The van der Waals surface area contributed by atoms with Crippen LogP contribution in [-0.4, -0.2) is 18.5 Å². The SMILES string of the molecule is O=C1NC(=O)C2(CCNc3ccc(F)cc32)N1. The van der Waals surface area contributed by atoms with E-state index in [1.807, 2.05) is 0 Å². The zero-order chi connectivity index (χ0) is 12.0. The summed E-state index contributed by atoms with van der Waals surface area (Å²) in [4.78, 5) is 23.2. The molecule has 0 aliphatic carbocycles. The van der Waals surface area contributed by atoms with Gasteiger partial charge in [-0.25, -0.2) is 9.18 Å². The molecule has 5 nitrogen and oxygen atoms in total. The van der Waals surface area contributed by atoms with E-state index in [-0.39, 0.29) is 0 Å². The average Bonchev–Trinajstić information content (AvgIpc) is 2.56. The van der Waals surface area contributed by atoms with Crippen LogP contribution in [0.5, 0.6) is 0 Å². The Morgan fingerprint density at radius 1 is 1.29 bits per heavy atom. The monoisotopic (exact) mass is 235 g/mol. The Kier molecular flexibility index (Phi) is 1.89. The number of amides is 3. The van der Waals surface area contributed by atoms with Gasteiger partial charge in [0.1, 0.15) is 11.4 Å². The molecule has 1 aromatic carbocycles. The molecule has 17 heavy (non-hydrogen) atoms. The van der Waals surface area contributed by atoms with Crippen molar-refractivity contribution in [2.75, 3.05) is 11.9 Å². The number of benzene rings is 1. The molecule has 1 saturated heterocycles. The Balaban J connectivity index is 2.19. The largest absolute Gasteiger partial charge is 0.385 e. The second-order valence-electron chi connectivity index (χ2n) is 4.18. The molecule has 1 fully saturated rings. The first-order valence-electron chi connectivity index (χ1n) is 5.29. The molecule has 1 aromatic rings. The minimum absolute atomic E-state index is 0.404. The van der Waals surface area contributed by atoms with Crippen LogP contribution < -0.4 is 16.0 Å². The van der Waals surface area contributed by atoms with Gasteiger partial charge in [0.05, 0.1) is 0 Å². The van der Waals surface area contributed by atoms with Gasteiger partial charge in [-0.1, -0.05) is 0 Å². The molecule has 3 N–H and O–H groups in total. The number of fused-ring (bicyclic) bond motifs is 2. The smallest absolute Gasteiger partial charge is 0.322 e. The standard InChI is InChI=1S/C11H10FN3O2/c12-6-1-2-8-7(5-6)11(3-4-13-8)9(16)14-10(17)15-11/h1-2,5,13H,3-4H2,(H2,14,15,16,17). The zero-order valence-corrected chi connectivity index (χ0v) is 8.84. The van der Waals surface area contributed by atoms with Gasteiger partial charge in [-0.15, -0.1) is 0 Å². The van der Waals surface area contributed by atoms with Gasteiger partial charge in [0.2, 0.25) is 0 Å². The van der Waals surface area contributed by atoms with Crippen LogP contribution in [0, 0.1) is 5.82 Å². The summed E-state index contributed by atoms with van der Waals surface area (Å²) in [6.45, 7) is 0.548. The third-order valence-corrected chi connectivity index (χ3v) is 3.20. The van der Waals surface area contributed by atoms with Crippen LogP contribution in [0.3, 0.4) is 0 Å². The summed E-state index contributed by atoms with van der Waals surface area (Å²) in [5.41, 5.74) is 0.0295. The number of imide groups is 1. The molecule has 1 unspecified atom stereocenters. The van der Waals surface area contributed by atoms with Crippen LogP contribution >= 0.6 is 0 Å². The van der Waals surface area contributed by atoms with Crippen molar-refractivity contribution in [2.24, 2.45) is 0 Å². The van der Waals surface area contributed by atoms with E-state index in [9.17, 15) is 14.0 Å². The van der Waals surface area contributed by atoms with Gasteiger partial charge < -0.3 is 10.6 Å². The van der Waals surface area contributed by atoms with Crippen molar-refractivity contribution >= 4 is 17.6 Å². The fourth-order valence-electron chi connectivity index (χ4n) is 2.40. The van der Waals surface area contributed by atoms with E-state index in [0.717, 1.165) is 0 Å². The molecule has 3 amide bonds. The van der Waals surface area contributed by atoms with Crippen molar-refractivity contribution in [1.82, 2.24) is 10.6 Å².